The Kier molecular flexibility index (Phi) is 6.15. The number of hydrogen-bond acceptors (Lipinski definition) is 7. The average Bonchev–Trinajstić information content (AvgIpc) is 2.71. The largest absolute Gasteiger partial charge is 0.487 e. The summed E-state index contributed by atoms with van der Waals surface area (Å²) in [6.07, 6.45) is 7.22. The van der Waals surface area contributed by atoms with Crippen LogP contribution in [0.25, 0.3) is 0 Å². The van der Waals surface area contributed by atoms with Gasteiger partial charge in [0.15, 0.2) is 11.5 Å². The first kappa shape index (κ1) is 18.6. The summed E-state index contributed by atoms with van der Waals surface area (Å²) in [5.74, 6) is 3.58. The van der Waals surface area contributed by atoms with Gasteiger partial charge in [-0.2, -0.15) is 0 Å². The summed E-state index contributed by atoms with van der Waals surface area (Å²) >= 11 is 0. The number of aliphatic imine (C=N–C) groups is 1. The van der Waals surface area contributed by atoms with E-state index in [0.717, 1.165) is 22.5 Å². The van der Waals surface area contributed by atoms with Crippen molar-refractivity contribution in [3.8, 4) is 23.8 Å². The van der Waals surface area contributed by atoms with Gasteiger partial charge in [-0.25, -0.2) is 0 Å². The molecule has 0 aromatic heterocycles. The number of aliphatic hydroxyl groups is 2. The van der Waals surface area contributed by atoms with Crippen molar-refractivity contribution in [1.29, 1.82) is 0 Å². The number of aliphatic hydroxyl groups excluding tert-OH is 2. The maximum atomic E-state index is 9.06. The third kappa shape index (κ3) is 4.50. The van der Waals surface area contributed by atoms with Crippen LogP contribution in [0.2, 0.25) is 0 Å². The molecule has 0 fully saturated rings. The molecule has 1 heterocycles. The molecule has 0 amide bonds. The van der Waals surface area contributed by atoms with E-state index in [9.17, 15) is 0 Å². The molecule has 7 heteroatoms. The van der Waals surface area contributed by atoms with Gasteiger partial charge in [-0.1, -0.05) is 12.0 Å². The minimum Gasteiger partial charge on any atom is -0.487 e. The molecule has 1 aliphatic heterocycles. The van der Waals surface area contributed by atoms with Gasteiger partial charge in [0.05, 0.1) is 24.6 Å². The average molecular weight is 367 g/mol. The molecule has 0 aliphatic carbocycles. The Hall–Kier alpha value is -3.21. The lowest BCUT2D eigenvalue weighted by Gasteiger charge is -2.29. The quantitative estimate of drug-likeness (QED) is 0.615. The Bertz CT molecular complexity index is 861. The van der Waals surface area contributed by atoms with E-state index in [1.807, 2.05) is 35.3 Å². The zero-order chi connectivity index (χ0) is 19.1. The minimum absolute atomic E-state index is 0.107. The molecule has 3 N–H and O–H groups in total. The van der Waals surface area contributed by atoms with Gasteiger partial charge in [-0.3, -0.25) is 15.4 Å². The number of fused-ring (bicyclic) bond motifs is 1. The van der Waals surface area contributed by atoms with Crippen LogP contribution in [0.15, 0.2) is 41.4 Å². The molecule has 1 aliphatic rings. The van der Waals surface area contributed by atoms with Crippen LogP contribution in [-0.4, -0.2) is 49.5 Å². The fourth-order valence-corrected chi connectivity index (χ4v) is 2.67. The topological polar surface area (TPSA) is 86.6 Å². The SMILES string of the molecule is C#Cc1cccc(NN2CN=Cc3cc(OCCO)c(OCCO)cc32)c1. The summed E-state index contributed by atoms with van der Waals surface area (Å²) in [4.78, 5) is 4.36. The molecule has 2 aromatic carbocycles. The third-order valence-corrected chi connectivity index (χ3v) is 3.83. The predicted molar refractivity (Wildman–Crippen MR) is 105 cm³/mol. The molecule has 0 spiro atoms. The fraction of sp³-hybridized carbons (Fsp3) is 0.250. The molecule has 0 bridgehead atoms. The van der Waals surface area contributed by atoms with Crippen LogP contribution in [0.4, 0.5) is 11.4 Å². The molecular weight excluding hydrogens is 346 g/mol. The lowest BCUT2D eigenvalue weighted by molar-refractivity contribution is 0.178. The second-order valence-electron chi connectivity index (χ2n) is 5.72. The van der Waals surface area contributed by atoms with Crippen LogP contribution in [0.3, 0.4) is 0 Å². The van der Waals surface area contributed by atoms with Crippen LogP contribution in [0.5, 0.6) is 11.5 Å². The summed E-state index contributed by atoms with van der Waals surface area (Å²) < 4.78 is 11.2. The van der Waals surface area contributed by atoms with Crippen molar-refractivity contribution in [3.05, 3.63) is 47.5 Å². The van der Waals surface area contributed by atoms with Crippen molar-refractivity contribution in [1.82, 2.24) is 0 Å². The lowest BCUT2D eigenvalue weighted by atomic mass is 10.1. The van der Waals surface area contributed by atoms with Crippen LogP contribution < -0.4 is 19.9 Å². The van der Waals surface area contributed by atoms with E-state index in [4.69, 9.17) is 26.1 Å². The molecule has 27 heavy (non-hydrogen) atoms. The summed E-state index contributed by atoms with van der Waals surface area (Å²) in [7, 11) is 0. The van der Waals surface area contributed by atoms with Gasteiger partial charge in [0.1, 0.15) is 19.9 Å². The summed E-state index contributed by atoms with van der Waals surface area (Å²) in [6, 6.07) is 11.2. The van der Waals surface area contributed by atoms with E-state index in [1.165, 1.54) is 0 Å². The van der Waals surface area contributed by atoms with Crippen LogP contribution in [0.1, 0.15) is 11.1 Å². The number of hydrogen-bond donors (Lipinski definition) is 3. The maximum Gasteiger partial charge on any atom is 0.163 e. The van der Waals surface area contributed by atoms with E-state index in [0.29, 0.717) is 18.2 Å². The number of hydrazine groups is 1. The third-order valence-electron chi connectivity index (χ3n) is 3.83. The van der Waals surface area contributed by atoms with Crippen LogP contribution in [-0.2, 0) is 0 Å². The van der Waals surface area contributed by atoms with E-state index in [2.05, 4.69) is 16.3 Å². The van der Waals surface area contributed by atoms with Crippen molar-refractivity contribution in [3.63, 3.8) is 0 Å². The fourth-order valence-electron chi connectivity index (χ4n) is 2.67. The predicted octanol–water partition coefficient (Wildman–Crippen LogP) is 1.63. The Labute approximate surface area is 157 Å². The van der Waals surface area contributed by atoms with Crippen molar-refractivity contribution in [2.45, 2.75) is 0 Å². The van der Waals surface area contributed by atoms with Gasteiger partial charge in [-0.05, 0) is 24.3 Å². The van der Waals surface area contributed by atoms with Gasteiger partial charge in [0.2, 0.25) is 0 Å². The first-order valence-corrected chi connectivity index (χ1v) is 8.51. The van der Waals surface area contributed by atoms with Crippen LogP contribution in [0, 0.1) is 12.3 Å². The second kappa shape index (κ2) is 8.94. The highest BCUT2D eigenvalue weighted by molar-refractivity contribution is 5.92. The molecule has 3 rings (SSSR count). The molecule has 0 unspecified atom stereocenters. The van der Waals surface area contributed by atoms with Gasteiger partial charge >= 0.3 is 0 Å². The number of rotatable bonds is 8. The number of benzene rings is 2. The van der Waals surface area contributed by atoms with Gasteiger partial charge in [0.25, 0.3) is 0 Å². The van der Waals surface area contributed by atoms with Gasteiger partial charge in [0, 0.05) is 23.4 Å². The lowest BCUT2D eigenvalue weighted by Crippen LogP contribution is -2.33. The Morgan fingerprint density at radius 2 is 1.85 bits per heavy atom. The smallest absolute Gasteiger partial charge is 0.163 e. The Morgan fingerprint density at radius 3 is 2.56 bits per heavy atom. The van der Waals surface area contributed by atoms with Gasteiger partial charge < -0.3 is 19.7 Å². The summed E-state index contributed by atoms with van der Waals surface area (Å²) in [6.45, 7) is 0.471. The highest BCUT2D eigenvalue weighted by Gasteiger charge is 2.19. The molecule has 7 nitrogen and oxygen atoms in total. The summed E-state index contributed by atoms with van der Waals surface area (Å²) in [5, 5.41) is 19.9. The highest BCUT2D eigenvalue weighted by Crippen LogP contribution is 2.36. The number of nitrogens with zero attached hydrogens (tertiary/aromatic N) is 2. The zero-order valence-electron chi connectivity index (χ0n) is 14.8. The van der Waals surface area contributed by atoms with Crippen LogP contribution >= 0.6 is 0 Å². The van der Waals surface area contributed by atoms with Gasteiger partial charge in [-0.15, -0.1) is 6.42 Å². The van der Waals surface area contributed by atoms with Crippen molar-refractivity contribution in [2.24, 2.45) is 4.99 Å². The number of ether oxygens (including phenoxy) is 2. The number of anilines is 2. The monoisotopic (exact) mass is 367 g/mol. The molecule has 2 aromatic rings. The molecule has 0 atom stereocenters. The molecule has 0 saturated heterocycles. The van der Waals surface area contributed by atoms with E-state index in [1.54, 1.807) is 12.3 Å². The maximum absolute atomic E-state index is 9.06. The minimum atomic E-state index is -0.112. The highest BCUT2D eigenvalue weighted by atomic mass is 16.5. The Balaban J connectivity index is 1.90. The van der Waals surface area contributed by atoms with Crippen molar-refractivity contribution < 1.29 is 19.7 Å². The molecule has 0 radical (unpaired) electrons. The van der Waals surface area contributed by atoms with E-state index >= 15 is 0 Å². The molecule has 0 saturated carbocycles. The Morgan fingerprint density at radius 1 is 1.11 bits per heavy atom. The van der Waals surface area contributed by atoms with E-state index < -0.39 is 0 Å². The molecule has 140 valence electrons. The second-order valence-corrected chi connectivity index (χ2v) is 5.72. The normalized spacial score (nSPS) is 12.3. The number of nitrogens with one attached hydrogen (secondary N) is 1. The van der Waals surface area contributed by atoms with E-state index in [-0.39, 0.29) is 26.4 Å². The number of terminal acetylenes is 1. The molecular formula is C20H21N3O4. The van der Waals surface area contributed by atoms with Crippen molar-refractivity contribution >= 4 is 17.6 Å². The van der Waals surface area contributed by atoms with Crippen molar-refractivity contribution in [2.75, 3.05) is 43.5 Å². The summed E-state index contributed by atoms with van der Waals surface area (Å²) in [5.41, 5.74) is 6.60. The standard InChI is InChI=1S/C20H21N3O4/c1-2-15-4-3-5-17(10-15)22-23-14-21-13-16-11-19(26-8-6-24)20(12-18(16)23)27-9-7-25/h1,3-5,10-13,22,24-25H,6-9,14H2. The first-order chi connectivity index (χ1) is 13.2. The zero-order valence-corrected chi connectivity index (χ0v) is 14.8. The first-order valence-electron chi connectivity index (χ1n) is 8.51.